The molecule has 1 aromatic heterocycles. The van der Waals surface area contributed by atoms with Crippen molar-refractivity contribution in [1.29, 1.82) is 0 Å². The molecule has 1 amide bonds. The molecule has 0 saturated heterocycles. The van der Waals surface area contributed by atoms with Crippen molar-refractivity contribution in [3.8, 4) is 5.75 Å². The van der Waals surface area contributed by atoms with Crippen LogP contribution in [-0.4, -0.2) is 59.9 Å². The molecule has 2 aromatic carbocycles. The summed E-state index contributed by atoms with van der Waals surface area (Å²) in [4.78, 5) is 23.8. The molecule has 7 nitrogen and oxygen atoms in total. The van der Waals surface area contributed by atoms with Gasteiger partial charge in [-0.25, -0.2) is 14.4 Å². The fraction of sp³-hybridized carbons (Fsp3) is 0.318. The van der Waals surface area contributed by atoms with Gasteiger partial charge in [-0.3, -0.25) is 9.69 Å². The van der Waals surface area contributed by atoms with Crippen molar-refractivity contribution in [3.63, 3.8) is 0 Å². The normalized spacial score (nSPS) is 13.4. The summed E-state index contributed by atoms with van der Waals surface area (Å²) >= 11 is 5.89. The minimum atomic E-state index is -0.723. The van der Waals surface area contributed by atoms with Gasteiger partial charge in [-0.2, -0.15) is 0 Å². The molecule has 0 spiro atoms. The average Bonchev–Trinajstić information content (AvgIpc) is 2.85. The summed E-state index contributed by atoms with van der Waals surface area (Å²) < 4.78 is 42.8. The topological polar surface area (TPSA) is 70.6 Å². The standard InChI is InChI=1S/C22H25ClFN5O2/c1-13(22(30)28(2)3)29(4)11-14-9-15-18(10-19(14)31-5)25-12-26-21(15)27-17-8-6-7-16(23)20(17)24/h6-10,12-13H,11H2,1-5H3,(H,25,26,27)/t13-/m0/s1/i2D,3D,4D. The van der Waals surface area contributed by atoms with Crippen LogP contribution in [0.2, 0.25) is 5.02 Å². The van der Waals surface area contributed by atoms with Crippen LogP contribution in [0.3, 0.4) is 0 Å². The number of likely N-dealkylation sites (N-methyl/N-ethyl adjacent to an activating group) is 2. The maximum atomic E-state index is 14.4. The Kier molecular flexibility index (Phi) is 5.72. The Morgan fingerprint density at radius 1 is 1.32 bits per heavy atom. The molecule has 9 heteroatoms. The highest BCUT2D eigenvalue weighted by Gasteiger charge is 2.21. The minimum Gasteiger partial charge on any atom is -0.496 e. The zero-order valence-electron chi connectivity index (χ0n) is 20.2. The lowest BCUT2D eigenvalue weighted by Crippen LogP contribution is -2.42. The van der Waals surface area contributed by atoms with E-state index in [1.807, 2.05) is 0 Å². The van der Waals surface area contributed by atoms with Crippen molar-refractivity contribution < 1.29 is 18.0 Å². The van der Waals surface area contributed by atoms with Crippen LogP contribution < -0.4 is 10.1 Å². The van der Waals surface area contributed by atoms with Gasteiger partial charge in [0.2, 0.25) is 5.91 Å². The lowest BCUT2D eigenvalue weighted by Gasteiger charge is -2.27. The molecule has 1 heterocycles. The van der Waals surface area contributed by atoms with Crippen molar-refractivity contribution in [3.05, 3.63) is 53.1 Å². The number of amides is 1. The minimum absolute atomic E-state index is 0.0233. The second-order valence-corrected chi connectivity index (χ2v) is 7.34. The van der Waals surface area contributed by atoms with Gasteiger partial charge in [0, 0.05) is 41.7 Å². The third-order valence-corrected chi connectivity index (χ3v) is 5.12. The van der Waals surface area contributed by atoms with Crippen LogP contribution in [0.25, 0.3) is 10.9 Å². The van der Waals surface area contributed by atoms with Crippen LogP contribution in [0.1, 0.15) is 16.6 Å². The number of anilines is 2. The fourth-order valence-corrected chi connectivity index (χ4v) is 3.22. The Hall–Kier alpha value is -2.97. The van der Waals surface area contributed by atoms with E-state index in [1.54, 1.807) is 36.1 Å². The third kappa shape index (κ3) is 4.86. The number of carbonyl (C=O) groups is 1. The fourth-order valence-electron chi connectivity index (χ4n) is 3.05. The van der Waals surface area contributed by atoms with Gasteiger partial charge < -0.3 is 15.0 Å². The smallest absolute Gasteiger partial charge is 0.239 e. The average molecular weight is 449 g/mol. The van der Waals surface area contributed by atoms with Gasteiger partial charge in [-0.15, -0.1) is 0 Å². The van der Waals surface area contributed by atoms with E-state index in [2.05, 4.69) is 15.3 Å². The highest BCUT2D eigenvalue weighted by molar-refractivity contribution is 6.31. The molecule has 31 heavy (non-hydrogen) atoms. The number of benzene rings is 2. The predicted octanol–water partition coefficient (Wildman–Crippen LogP) is 4.08. The predicted molar refractivity (Wildman–Crippen MR) is 120 cm³/mol. The van der Waals surface area contributed by atoms with Crippen LogP contribution in [0, 0.1) is 5.82 Å². The lowest BCUT2D eigenvalue weighted by molar-refractivity contribution is -0.133. The molecule has 1 atom stereocenters. The highest BCUT2D eigenvalue weighted by atomic mass is 35.5. The number of halogens is 2. The molecule has 3 aromatic rings. The van der Waals surface area contributed by atoms with E-state index in [0.717, 1.165) is 4.90 Å². The number of ether oxygens (including phenoxy) is 1. The second-order valence-electron chi connectivity index (χ2n) is 6.93. The van der Waals surface area contributed by atoms with Gasteiger partial charge in [-0.05, 0) is 32.1 Å². The number of nitrogens with zero attached hydrogens (tertiary/aromatic N) is 4. The van der Waals surface area contributed by atoms with Gasteiger partial charge in [0.25, 0.3) is 0 Å². The highest BCUT2D eigenvalue weighted by Crippen LogP contribution is 2.32. The molecule has 1 N–H and O–H groups in total. The van der Waals surface area contributed by atoms with E-state index in [-0.39, 0.29) is 38.3 Å². The van der Waals surface area contributed by atoms with Crippen molar-refractivity contribution >= 4 is 39.9 Å². The zero-order chi connectivity index (χ0) is 24.8. The first-order valence-corrected chi connectivity index (χ1v) is 9.65. The van der Waals surface area contributed by atoms with E-state index in [4.69, 9.17) is 20.5 Å². The number of aromatic nitrogens is 2. The molecule has 0 aliphatic rings. The van der Waals surface area contributed by atoms with Crippen molar-refractivity contribution in [1.82, 2.24) is 19.8 Å². The van der Waals surface area contributed by atoms with Gasteiger partial charge in [0.15, 0.2) is 5.82 Å². The van der Waals surface area contributed by atoms with E-state index in [1.165, 1.54) is 19.5 Å². The maximum absolute atomic E-state index is 14.4. The van der Waals surface area contributed by atoms with Gasteiger partial charge in [0.1, 0.15) is 17.9 Å². The van der Waals surface area contributed by atoms with Gasteiger partial charge in [-0.1, -0.05) is 17.7 Å². The van der Waals surface area contributed by atoms with Gasteiger partial charge >= 0.3 is 0 Å². The van der Waals surface area contributed by atoms with E-state index in [9.17, 15) is 9.18 Å². The summed E-state index contributed by atoms with van der Waals surface area (Å²) in [7, 11) is 0.657. The maximum Gasteiger partial charge on any atom is 0.239 e. The first-order valence-electron chi connectivity index (χ1n) is 11.4. The number of carbonyl (C=O) groups excluding carboxylic acids is 1. The molecule has 0 aliphatic carbocycles. The second kappa shape index (κ2) is 9.45. The molecule has 3 rings (SSSR count). The molecule has 0 aliphatic heterocycles. The molecule has 0 saturated carbocycles. The first kappa shape index (κ1) is 18.8. The number of hydrogen-bond acceptors (Lipinski definition) is 6. The molecule has 0 unspecified atom stereocenters. The van der Waals surface area contributed by atoms with E-state index >= 15 is 0 Å². The summed E-state index contributed by atoms with van der Waals surface area (Å²) in [5, 5.41) is 3.52. The van der Waals surface area contributed by atoms with Crippen LogP contribution >= 0.6 is 11.6 Å². The van der Waals surface area contributed by atoms with Crippen LogP contribution in [0.15, 0.2) is 36.7 Å². The Morgan fingerprint density at radius 3 is 2.84 bits per heavy atom. The zero-order valence-corrected chi connectivity index (χ0v) is 18.0. The first-order chi connectivity index (χ1) is 16.3. The Bertz CT molecular complexity index is 1170. The van der Waals surface area contributed by atoms with Crippen LogP contribution in [0.5, 0.6) is 5.75 Å². The Labute approximate surface area is 190 Å². The quantitative estimate of drug-likeness (QED) is 0.587. The van der Waals surface area contributed by atoms with Gasteiger partial charge in [0.05, 0.1) is 29.4 Å². The van der Waals surface area contributed by atoms with Crippen molar-refractivity contribution in [2.24, 2.45) is 0 Å². The Morgan fingerprint density at radius 2 is 2.13 bits per heavy atom. The van der Waals surface area contributed by atoms with E-state index < -0.39 is 17.8 Å². The summed E-state index contributed by atoms with van der Waals surface area (Å²) in [6, 6.07) is 7.36. The molecule has 164 valence electrons. The molecule has 0 radical (unpaired) electrons. The third-order valence-electron chi connectivity index (χ3n) is 4.83. The largest absolute Gasteiger partial charge is 0.496 e. The van der Waals surface area contributed by atoms with Crippen LogP contribution in [0.4, 0.5) is 15.9 Å². The van der Waals surface area contributed by atoms with Crippen molar-refractivity contribution in [2.75, 3.05) is 33.5 Å². The summed E-state index contributed by atoms with van der Waals surface area (Å²) in [6.07, 6.45) is 1.35. The monoisotopic (exact) mass is 448 g/mol. The molecule has 0 fully saturated rings. The summed E-state index contributed by atoms with van der Waals surface area (Å²) in [5.74, 6) is -0.155. The molecular weight excluding hydrogens is 421 g/mol. The van der Waals surface area contributed by atoms with Crippen molar-refractivity contribution in [2.45, 2.75) is 19.5 Å². The van der Waals surface area contributed by atoms with Crippen LogP contribution in [-0.2, 0) is 11.3 Å². The number of rotatable bonds is 7. The Balaban J connectivity index is 1.99. The lowest BCUT2D eigenvalue weighted by atomic mass is 10.1. The molecular formula is C22H25ClFN5O2. The SMILES string of the molecule is [2H]CN(C[2H])C(=O)[C@H](C)N(C[2H])Cc1cc2c(Nc3cccc(Cl)c3F)ncnc2cc1OC. The number of fused-ring (bicyclic) bond motifs is 1. The number of methoxy groups -OCH3 is 1. The number of nitrogens with one attached hydrogen (secondary N) is 1. The number of hydrogen-bond donors (Lipinski definition) is 1. The molecule has 0 bridgehead atoms. The summed E-state index contributed by atoms with van der Waals surface area (Å²) in [5.41, 5.74) is 1.37. The summed E-state index contributed by atoms with van der Waals surface area (Å²) in [6.45, 7) is 1.82. The van der Waals surface area contributed by atoms with E-state index in [0.29, 0.717) is 28.0 Å².